The van der Waals surface area contributed by atoms with Crippen molar-refractivity contribution in [1.29, 1.82) is 0 Å². The smallest absolute Gasteiger partial charge is 0.348 e. The van der Waals surface area contributed by atoms with E-state index in [1.165, 1.54) is 42.7 Å². The molecule has 0 aliphatic heterocycles. The van der Waals surface area contributed by atoms with Crippen LogP contribution in [0.2, 0.25) is 0 Å². The second-order valence-corrected chi connectivity index (χ2v) is 4.07. The second-order valence-electron chi connectivity index (χ2n) is 4.07. The summed E-state index contributed by atoms with van der Waals surface area (Å²) in [6.45, 7) is -0.184. The molecule has 0 bridgehead atoms. The van der Waals surface area contributed by atoms with Crippen LogP contribution in [0, 0.1) is 0 Å². The summed E-state index contributed by atoms with van der Waals surface area (Å²) in [6.07, 6.45) is -1.55. The molecule has 0 atom stereocenters. The fourth-order valence-electron chi connectivity index (χ4n) is 1.73. The fourth-order valence-corrected chi connectivity index (χ4v) is 1.73. The summed E-state index contributed by atoms with van der Waals surface area (Å²) in [7, 11) is 0. The van der Waals surface area contributed by atoms with E-state index >= 15 is 0 Å². The first-order valence-electron chi connectivity index (χ1n) is 5.82. The summed E-state index contributed by atoms with van der Waals surface area (Å²) in [6, 6.07) is 8.14. The fraction of sp³-hybridized carbons (Fsp3) is 0.143. The highest BCUT2D eigenvalue weighted by Gasteiger charge is 2.32. The number of carbonyl (C=O) groups is 1. The molecule has 104 valence electrons. The van der Waals surface area contributed by atoms with E-state index in [1.807, 2.05) is 0 Å². The summed E-state index contributed by atoms with van der Waals surface area (Å²) in [5.41, 5.74) is -0.359. The topological polar surface area (TPSA) is 42.0 Å². The highest BCUT2D eigenvalue weighted by Crippen LogP contribution is 2.31. The van der Waals surface area contributed by atoms with E-state index < -0.39 is 17.6 Å². The van der Waals surface area contributed by atoms with Crippen LogP contribution in [-0.4, -0.2) is 10.9 Å². The molecule has 2 aromatic rings. The third-order valence-electron chi connectivity index (χ3n) is 2.70. The van der Waals surface area contributed by atoms with Gasteiger partial charge >= 0.3 is 6.18 Å². The van der Waals surface area contributed by atoms with Crippen molar-refractivity contribution in [3.63, 3.8) is 0 Å². The lowest BCUT2D eigenvalue weighted by atomic mass is 10.1. The van der Waals surface area contributed by atoms with Crippen molar-refractivity contribution in [3.8, 4) is 0 Å². The maximum atomic E-state index is 12.8. The maximum absolute atomic E-state index is 12.8. The van der Waals surface area contributed by atoms with Gasteiger partial charge in [0.1, 0.15) is 0 Å². The van der Waals surface area contributed by atoms with Gasteiger partial charge in [-0.2, -0.15) is 13.2 Å². The number of halogens is 3. The van der Waals surface area contributed by atoms with E-state index in [0.717, 1.165) is 6.07 Å². The minimum Gasteiger partial charge on any atom is -0.348 e. The molecule has 0 saturated carbocycles. The molecule has 2 rings (SSSR count). The number of benzene rings is 1. The minimum absolute atomic E-state index is 0.0300. The van der Waals surface area contributed by atoms with Crippen LogP contribution < -0.4 is 5.32 Å². The monoisotopic (exact) mass is 280 g/mol. The van der Waals surface area contributed by atoms with Gasteiger partial charge in [-0.3, -0.25) is 9.78 Å². The molecule has 1 amide bonds. The highest BCUT2D eigenvalue weighted by molar-refractivity contribution is 5.93. The molecular formula is C14H11F3N2O. The van der Waals surface area contributed by atoms with Gasteiger partial charge in [0.15, 0.2) is 0 Å². The van der Waals surface area contributed by atoms with E-state index in [9.17, 15) is 18.0 Å². The highest BCUT2D eigenvalue weighted by atomic mass is 19.4. The molecule has 1 heterocycles. The van der Waals surface area contributed by atoms with Crippen molar-refractivity contribution < 1.29 is 18.0 Å². The number of hydrogen-bond acceptors (Lipinski definition) is 2. The first-order valence-corrected chi connectivity index (χ1v) is 5.82. The number of aromatic nitrogens is 1. The lowest BCUT2D eigenvalue weighted by Crippen LogP contribution is -2.24. The Balaban J connectivity index is 2.11. The zero-order valence-corrected chi connectivity index (χ0v) is 10.3. The Bertz CT molecular complexity index is 597. The minimum atomic E-state index is -4.43. The van der Waals surface area contributed by atoms with Crippen molar-refractivity contribution in [2.75, 3.05) is 0 Å². The second kappa shape index (κ2) is 5.73. The molecule has 1 N–H and O–H groups in total. The Morgan fingerprint density at radius 3 is 2.40 bits per heavy atom. The molecule has 1 aromatic heterocycles. The largest absolute Gasteiger partial charge is 0.416 e. The standard InChI is InChI=1S/C14H11F3N2O/c15-14(16,17)12-4-2-1-3-11(12)9-19-13(20)10-5-7-18-8-6-10/h1-8H,9H2,(H,19,20). The molecule has 0 saturated heterocycles. The molecule has 3 nitrogen and oxygen atoms in total. The van der Waals surface area contributed by atoms with E-state index in [2.05, 4.69) is 10.3 Å². The average molecular weight is 280 g/mol. The number of nitrogens with zero attached hydrogens (tertiary/aromatic N) is 1. The zero-order valence-electron chi connectivity index (χ0n) is 10.3. The van der Waals surface area contributed by atoms with E-state index in [4.69, 9.17) is 0 Å². The van der Waals surface area contributed by atoms with Crippen LogP contribution in [0.3, 0.4) is 0 Å². The molecule has 0 unspecified atom stereocenters. The number of hydrogen-bond donors (Lipinski definition) is 1. The first-order chi connectivity index (χ1) is 9.48. The number of amides is 1. The molecule has 0 aliphatic rings. The number of nitrogens with one attached hydrogen (secondary N) is 1. The Labute approximate surface area is 113 Å². The van der Waals surface area contributed by atoms with Crippen LogP contribution in [0.15, 0.2) is 48.8 Å². The Morgan fingerprint density at radius 2 is 1.75 bits per heavy atom. The SMILES string of the molecule is O=C(NCc1ccccc1C(F)(F)F)c1ccncc1. The Morgan fingerprint density at radius 1 is 1.10 bits per heavy atom. The van der Waals surface area contributed by atoms with Crippen molar-refractivity contribution in [2.24, 2.45) is 0 Å². The van der Waals surface area contributed by atoms with Crippen molar-refractivity contribution >= 4 is 5.91 Å². The molecule has 0 radical (unpaired) electrons. The van der Waals surface area contributed by atoms with Gasteiger partial charge in [0.25, 0.3) is 5.91 Å². The number of pyridine rings is 1. The number of carbonyl (C=O) groups excluding carboxylic acids is 1. The molecule has 1 aromatic carbocycles. The number of rotatable bonds is 3. The summed E-state index contributed by atoms with van der Waals surface area (Å²) in [4.78, 5) is 15.5. The van der Waals surface area contributed by atoms with Crippen LogP contribution in [0.4, 0.5) is 13.2 Å². The molecule has 0 aliphatic carbocycles. The third kappa shape index (κ3) is 3.34. The Hall–Kier alpha value is -2.37. The molecule has 6 heteroatoms. The average Bonchev–Trinajstić information content (AvgIpc) is 2.45. The zero-order chi connectivity index (χ0) is 14.6. The van der Waals surface area contributed by atoms with Crippen LogP contribution in [-0.2, 0) is 12.7 Å². The Kier molecular flexibility index (Phi) is 4.02. The third-order valence-corrected chi connectivity index (χ3v) is 2.70. The van der Waals surface area contributed by atoms with E-state index in [1.54, 1.807) is 0 Å². The summed E-state index contributed by atoms with van der Waals surface area (Å²) in [5.74, 6) is -0.440. The lowest BCUT2D eigenvalue weighted by Gasteiger charge is -2.13. The first kappa shape index (κ1) is 14.0. The quantitative estimate of drug-likeness (QED) is 0.939. The van der Waals surface area contributed by atoms with Crippen molar-refractivity contribution in [1.82, 2.24) is 10.3 Å². The molecule has 20 heavy (non-hydrogen) atoms. The molecular weight excluding hydrogens is 269 g/mol. The van der Waals surface area contributed by atoms with Crippen molar-refractivity contribution in [3.05, 3.63) is 65.5 Å². The molecule has 0 spiro atoms. The predicted molar refractivity (Wildman–Crippen MR) is 66.9 cm³/mol. The van der Waals surface area contributed by atoms with Gasteiger partial charge in [0, 0.05) is 24.5 Å². The maximum Gasteiger partial charge on any atom is 0.416 e. The van der Waals surface area contributed by atoms with Gasteiger partial charge in [-0.25, -0.2) is 0 Å². The van der Waals surface area contributed by atoms with Crippen molar-refractivity contribution in [2.45, 2.75) is 12.7 Å². The predicted octanol–water partition coefficient (Wildman–Crippen LogP) is 3.03. The van der Waals surface area contributed by atoms with Crippen LogP contribution in [0.25, 0.3) is 0 Å². The van der Waals surface area contributed by atoms with Gasteiger partial charge < -0.3 is 5.32 Å². The van der Waals surface area contributed by atoms with Gasteiger partial charge in [-0.15, -0.1) is 0 Å². The lowest BCUT2D eigenvalue weighted by molar-refractivity contribution is -0.138. The summed E-state index contributed by atoms with van der Waals surface area (Å²) >= 11 is 0. The van der Waals surface area contributed by atoms with Crippen LogP contribution in [0.1, 0.15) is 21.5 Å². The van der Waals surface area contributed by atoms with Crippen LogP contribution >= 0.6 is 0 Å². The molecule has 0 fully saturated rings. The van der Waals surface area contributed by atoms with Gasteiger partial charge in [-0.05, 0) is 23.8 Å². The van der Waals surface area contributed by atoms with Gasteiger partial charge in [0.05, 0.1) is 5.56 Å². The normalized spacial score (nSPS) is 11.2. The van der Waals surface area contributed by atoms with E-state index in [-0.39, 0.29) is 12.1 Å². The van der Waals surface area contributed by atoms with Gasteiger partial charge in [-0.1, -0.05) is 18.2 Å². The summed E-state index contributed by atoms with van der Waals surface area (Å²) < 4.78 is 38.3. The number of alkyl halides is 3. The van der Waals surface area contributed by atoms with Gasteiger partial charge in [0.2, 0.25) is 0 Å². The summed E-state index contributed by atoms with van der Waals surface area (Å²) in [5, 5.41) is 2.46. The van der Waals surface area contributed by atoms with E-state index in [0.29, 0.717) is 5.56 Å². The van der Waals surface area contributed by atoms with Crippen LogP contribution in [0.5, 0.6) is 0 Å².